The summed E-state index contributed by atoms with van der Waals surface area (Å²) in [5, 5.41) is 12.7. The number of hydrogen-bond acceptors (Lipinski definition) is 4. The Balaban J connectivity index is 2.32. The minimum atomic E-state index is -0.506. The van der Waals surface area contributed by atoms with E-state index in [9.17, 15) is 9.90 Å². The number of halogens is 1. The molecule has 1 amide bonds. The van der Waals surface area contributed by atoms with Gasteiger partial charge in [-0.2, -0.15) is 0 Å². The van der Waals surface area contributed by atoms with Gasteiger partial charge in [0.05, 0.1) is 18.4 Å². The quantitative estimate of drug-likeness (QED) is 0.759. The molecule has 0 heterocycles. The molecule has 0 saturated heterocycles. The lowest BCUT2D eigenvalue weighted by Gasteiger charge is -2.11. The van der Waals surface area contributed by atoms with Crippen LogP contribution in [0.3, 0.4) is 0 Å². The van der Waals surface area contributed by atoms with Crippen molar-refractivity contribution in [2.75, 3.05) is 18.2 Å². The number of methoxy groups -OCH3 is 1. The third kappa shape index (κ3) is 2.95. The van der Waals surface area contributed by atoms with E-state index in [0.717, 1.165) is 0 Å². The van der Waals surface area contributed by atoms with E-state index >= 15 is 0 Å². The lowest BCUT2D eigenvalue weighted by atomic mass is 10.1. The first kappa shape index (κ1) is 14.0. The van der Waals surface area contributed by atoms with E-state index in [1.165, 1.54) is 25.3 Å². The van der Waals surface area contributed by atoms with Crippen molar-refractivity contribution in [3.05, 3.63) is 47.0 Å². The van der Waals surface area contributed by atoms with E-state index in [-0.39, 0.29) is 11.3 Å². The van der Waals surface area contributed by atoms with Gasteiger partial charge in [-0.1, -0.05) is 11.6 Å². The molecule has 0 radical (unpaired) electrons. The predicted octanol–water partition coefficient (Wildman–Crippen LogP) is 2.89. The van der Waals surface area contributed by atoms with Gasteiger partial charge in [-0.3, -0.25) is 4.79 Å². The van der Waals surface area contributed by atoms with Crippen molar-refractivity contribution in [2.45, 2.75) is 0 Å². The lowest BCUT2D eigenvalue weighted by molar-refractivity contribution is 0.102. The van der Waals surface area contributed by atoms with Crippen molar-refractivity contribution in [1.29, 1.82) is 0 Å². The van der Waals surface area contributed by atoms with E-state index in [1.807, 2.05) is 0 Å². The zero-order valence-electron chi connectivity index (χ0n) is 10.7. The molecule has 0 fully saturated rings. The van der Waals surface area contributed by atoms with Gasteiger partial charge in [0, 0.05) is 10.7 Å². The van der Waals surface area contributed by atoms with Gasteiger partial charge in [0.15, 0.2) is 0 Å². The minimum absolute atomic E-state index is 0.0713. The number of anilines is 2. The number of hydrogen-bond donors (Lipinski definition) is 3. The van der Waals surface area contributed by atoms with Crippen LogP contribution in [-0.4, -0.2) is 18.1 Å². The van der Waals surface area contributed by atoms with Gasteiger partial charge in [0.1, 0.15) is 11.5 Å². The van der Waals surface area contributed by atoms with Gasteiger partial charge in [0.25, 0.3) is 5.91 Å². The van der Waals surface area contributed by atoms with Gasteiger partial charge >= 0.3 is 0 Å². The molecule has 0 saturated carbocycles. The Morgan fingerprint density at radius 2 is 2.05 bits per heavy atom. The van der Waals surface area contributed by atoms with Crippen LogP contribution in [0.1, 0.15) is 10.4 Å². The number of amides is 1. The Hall–Kier alpha value is -2.40. The lowest BCUT2D eigenvalue weighted by Crippen LogP contribution is -2.13. The highest BCUT2D eigenvalue weighted by molar-refractivity contribution is 6.31. The normalized spacial score (nSPS) is 10.1. The van der Waals surface area contributed by atoms with Gasteiger partial charge in [-0.15, -0.1) is 0 Å². The van der Waals surface area contributed by atoms with Crippen molar-refractivity contribution in [3.8, 4) is 11.5 Å². The summed E-state index contributed by atoms with van der Waals surface area (Å²) in [5.74, 6) is -0.197. The monoisotopic (exact) mass is 292 g/mol. The van der Waals surface area contributed by atoms with Crippen LogP contribution in [-0.2, 0) is 0 Å². The summed E-state index contributed by atoms with van der Waals surface area (Å²) in [7, 11) is 1.48. The minimum Gasteiger partial charge on any atom is -0.507 e. The van der Waals surface area contributed by atoms with Crippen LogP contribution in [0.4, 0.5) is 11.4 Å². The maximum atomic E-state index is 12.1. The number of phenols is 1. The van der Waals surface area contributed by atoms with E-state index < -0.39 is 5.91 Å². The SMILES string of the molecule is COc1ccc(N)cc1NC(=O)c1cc(Cl)ccc1O. The molecule has 0 aliphatic heterocycles. The summed E-state index contributed by atoms with van der Waals surface area (Å²) < 4.78 is 5.13. The van der Waals surface area contributed by atoms with Crippen molar-refractivity contribution < 1.29 is 14.6 Å². The fraction of sp³-hybridized carbons (Fsp3) is 0.0714. The summed E-state index contributed by atoms with van der Waals surface area (Å²) >= 11 is 5.81. The molecule has 6 heteroatoms. The summed E-state index contributed by atoms with van der Waals surface area (Å²) in [4.78, 5) is 12.1. The molecule has 5 nitrogen and oxygen atoms in total. The zero-order chi connectivity index (χ0) is 14.7. The number of benzene rings is 2. The number of carbonyl (C=O) groups is 1. The molecule has 0 aromatic heterocycles. The number of nitrogen functional groups attached to an aromatic ring is 1. The third-order valence-corrected chi connectivity index (χ3v) is 2.91. The molecule has 0 bridgehead atoms. The number of nitrogens with one attached hydrogen (secondary N) is 1. The van der Waals surface area contributed by atoms with E-state index in [2.05, 4.69) is 5.32 Å². The number of rotatable bonds is 3. The van der Waals surface area contributed by atoms with Crippen molar-refractivity contribution >= 4 is 28.9 Å². The highest BCUT2D eigenvalue weighted by atomic mass is 35.5. The number of carbonyl (C=O) groups excluding carboxylic acids is 1. The van der Waals surface area contributed by atoms with Gasteiger partial charge in [-0.05, 0) is 36.4 Å². The van der Waals surface area contributed by atoms with Gasteiger partial charge in [-0.25, -0.2) is 0 Å². The van der Waals surface area contributed by atoms with Crippen LogP contribution in [0.25, 0.3) is 0 Å². The molecule has 0 unspecified atom stereocenters. The fourth-order valence-corrected chi connectivity index (χ4v) is 1.88. The van der Waals surface area contributed by atoms with Crippen LogP contribution in [0.2, 0.25) is 5.02 Å². The predicted molar refractivity (Wildman–Crippen MR) is 78.5 cm³/mol. The molecule has 2 rings (SSSR count). The summed E-state index contributed by atoms with van der Waals surface area (Å²) in [5.41, 5.74) is 6.64. The maximum absolute atomic E-state index is 12.1. The molecule has 0 aliphatic rings. The summed E-state index contributed by atoms with van der Waals surface area (Å²) in [6.07, 6.45) is 0. The third-order valence-electron chi connectivity index (χ3n) is 2.67. The van der Waals surface area contributed by atoms with E-state index in [1.54, 1.807) is 18.2 Å². The van der Waals surface area contributed by atoms with Crippen LogP contribution >= 0.6 is 11.6 Å². The van der Waals surface area contributed by atoms with Crippen molar-refractivity contribution in [3.63, 3.8) is 0 Å². The van der Waals surface area contributed by atoms with Crippen molar-refractivity contribution in [1.82, 2.24) is 0 Å². The van der Waals surface area contributed by atoms with Gasteiger partial charge in [0.2, 0.25) is 0 Å². The Bertz CT molecular complexity index is 659. The van der Waals surface area contributed by atoms with E-state index in [0.29, 0.717) is 22.1 Å². The zero-order valence-corrected chi connectivity index (χ0v) is 11.4. The second kappa shape index (κ2) is 5.71. The molecule has 20 heavy (non-hydrogen) atoms. The van der Waals surface area contributed by atoms with Gasteiger partial charge < -0.3 is 20.9 Å². The molecule has 4 N–H and O–H groups in total. The molecule has 0 atom stereocenters. The topological polar surface area (TPSA) is 84.6 Å². The highest BCUT2D eigenvalue weighted by Crippen LogP contribution is 2.28. The first-order valence-electron chi connectivity index (χ1n) is 5.74. The summed E-state index contributed by atoms with van der Waals surface area (Å²) in [6, 6.07) is 9.10. The highest BCUT2D eigenvalue weighted by Gasteiger charge is 2.14. The average molecular weight is 293 g/mol. The van der Waals surface area contributed by atoms with E-state index in [4.69, 9.17) is 22.1 Å². The smallest absolute Gasteiger partial charge is 0.259 e. The molecular weight excluding hydrogens is 280 g/mol. The standard InChI is InChI=1S/C14H13ClN2O3/c1-20-13-5-3-9(16)7-11(13)17-14(19)10-6-8(15)2-4-12(10)18/h2-7,18H,16H2,1H3,(H,17,19). The largest absolute Gasteiger partial charge is 0.507 e. The number of aromatic hydroxyl groups is 1. The fourth-order valence-electron chi connectivity index (χ4n) is 1.70. The Morgan fingerprint density at radius 3 is 2.75 bits per heavy atom. The second-order valence-electron chi connectivity index (χ2n) is 4.08. The molecule has 0 aliphatic carbocycles. The van der Waals surface area contributed by atoms with Crippen LogP contribution in [0, 0.1) is 0 Å². The Morgan fingerprint density at radius 1 is 1.30 bits per heavy atom. The van der Waals surface area contributed by atoms with Crippen LogP contribution in [0.15, 0.2) is 36.4 Å². The molecule has 0 spiro atoms. The first-order valence-corrected chi connectivity index (χ1v) is 6.12. The first-order chi connectivity index (χ1) is 9.51. The summed E-state index contributed by atoms with van der Waals surface area (Å²) in [6.45, 7) is 0. The number of nitrogens with two attached hydrogens (primary N) is 1. The van der Waals surface area contributed by atoms with Crippen molar-refractivity contribution in [2.24, 2.45) is 0 Å². The average Bonchev–Trinajstić information content (AvgIpc) is 2.41. The molecular formula is C14H13ClN2O3. The van der Waals surface area contributed by atoms with Crippen LogP contribution in [0.5, 0.6) is 11.5 Å². The Kier molecular flexibility index (Phi) is 4.00. The second-order valence-corrected chi connectivity index (χ2v) is 4.51. The maximum Gasteiger partial charge on any atom is 0.259 e. The molecule has 2 aromatic rings. The van der Waals surface area contributed by atoms with Crippen LogP contribution < -0.4 is 15.8 Å². The number of ether oxygens (including phenoxy) is 1. The Labute approximate surface area is 120 Å². The number of phenolic OH excluding ortho intramolecular Hbond substituents is 1. The molecule has 104 valence electrons. The molecule has 2 aromatic carbocycles.